The summed E-state index contributed by atoms with van der Waals surface area (Å²) >= 11 is 0. The van der Waals surface area contributed by atoms with E-state index in [9.17, 15) is 4.79 Å². The normalized spacial score (nSPS) is 11.8. The summed E-state index contributed by atoms with van der Waals surface area (Å²) in [6, 6.07) is 32.0. The molecule has 0 aromatic heterocycles. The molecule has 0 aliphatic rings. The molecule has 0 unspecified atom stereocenters. The van der Waals surface area contributed by atoms with Gasteiger partial charge in [-0.1, -0.05) is 54.6 Å². The van der Waals surface area contributed by atoms with Crippen LogP contribution in [0.15, 0.2) is 91.0 Å². The van der Waals surface area contributed by atoms with Crippen molar-refractivity contribution in [1.29, 1.82) is 0 Å². The number of hydrogen-bond acceptors (Lipinski definition) is 2. The number of carbonyl (C=O) groups excluding carboxylic acids is 1. The van der Waals surface area contributed by atoms with Crippen molar-refractivity contribution in [2.45, 2.75) is 20.8 Å². The zero-order valence-electron chi connectivity index (χ0n) is 16.8. The van der Waals surface area contributed by atoms with Gasteiger partial charge in [0.2, 0.25) is 0 Å². The third kappa shape index (κ3) is 4.34. The van der Waals surface area contributed by atoms with Gasteiger partial charge in [-0.05, 0) is 57.2 Å². The molecule has 0 aliphatic carbocycles. The first kappa shape index (κ1) is 20.3. The zero-order chi connectivity index (χ0) is 20.0. The molecule has 0 atom stereocenters. The van der Waals surface area contributed by atoms with Crippen LogP contribution in [-0.2, 0) is 9.53 Å². The summed E-state index contributed by atoms with van der Waals surface area (Å²) in [6.45, 7) is 6.08. The van der Waals surface area contributed by atoms with Gasteiger partial charge in [0.1, 0.15) is 35.9 Å². The van der Waals surface area contributed by atoms with Crippen LogP contribution in [0.2, 0.25) is 0 Å². The molecule has 28 heavy (non-hydrogen) atoms. The van der Waals surface area contributed by atoms with Crippen molar-refractivity contribution in [3.8, 4) is 0 Å². The van der Waals surface area contributed by atoms with Crippen molar-refractivity contribution in [2.75, 3.05) is 12.8 Å². The maximum Gasteiger partial charge on any atom is 0.311 e. The Morgan fingerprint density at radius 3 is 1.39 bits per heavy atom. The molecule has 3 heteroatoms. The van der Waals surface area contributed by atoms with Gasteiger partial charge in [-0.3, -0.25) is 4.79 Å². The second-order valence-corrected chi connectivity index (χ2v) is 11.5. The number of rotatable bonds is 6. The molecule has 0 heterocycles. The maximum absolute atomic E-state index is 12.4. The van der Waals surface area contributed by atoms with Crippen molar-refractivity contribution in [3.63, 3.8) is 0 Å². The summed E-state index contributed by atoms with van der Waals surface area (Å²) in [5, 5.41) is 3.91. The Bertz CT molecular complexity index is 787. The fourth-order valence-corrected chi connectivity index (χ4v) is 7.45. The van der Waals surface area contributed by atoms with Crippen LogP contribution in [-0.4, -0.2) is 18.7 Å². The SMILES string of the molecule is CC(C)(C)C(=O)OCC[P+](c1ccccc1)(c1ccccc1)c1ccccc1. The molecule has 0 radical (unpaired) electrons. The standard InChI is InChI=1S/C25H28O2P/c1-25(2,3)24(26)27-19-20-28(21-13-7-4-8-14-21,22-15-9-5-10-16-22)23-17-11-6-12-18-23/h4-18H,19-20H2,1-3H3/q+1. The van der Waals surface area contributed by atoms with Gasteiger partial charge in [0.25, 0.3) is 0 Å². The Morgan fingerprint density at radius 2 is 1.07 bits per heavy atom. The van der Waals surface area contributed by atoms with Crippen LogP contribution in [0.25, 0.3) is 0 Å². The molecule has 144 valence electrons. The van der Waals surface area contributed by atoms with Gasteiger partial charge in [-0.15, -0.1) is 0 Å². The van der Waals surface area contributed by atoms with E-state index in [-0.39, 0.29) is 5.97 Å². The Kier molecular flexibility index (Phi) is 6.31. The summed E-state index contributed by atoms with van der Waals surface area (Å²) in [7, 11) is -1.94. The van der Waals surface area contributed by atoms with E-state index >= 15 is 0 Å². The lowest BCUT2D eigenvalue weighted by molar-refractivity contribution is -0.152. The first-order valence-corrected chi connectivity index (χ1v) is 11.6. The lowest BCUT2D eigenvalue weighted by Crippen LogP contribution is -2.35. The van der Waals surface area contributed by atoms with Gasteiger partial charge in [-0.25, -0.2) is 0 Å². The Balaban J connectivity index is 2.08. The highest BCUT2D eigenvalue weighted by molar-refractivity contribution is 7.95. The molecule has 3 rings (SSSR count). The highest BCUT2D eigenvalue weighted by Gasteiger charge is 2.45. The van der Waals surface area contributed by atoms with Gasteiger partial charge in [0.05, 0.1) is 5.41 Å². The van der Waals surface area contributed by atoms with E-state index in [1.165, 1.54) is 15.9 Å². The molecule has 0 aliphatic heterocycles. The fourth-order valence-electron chi connectivity index (χ4n) is 3.37. The Labute approximate surface area is 168 Å². The molecule has 0 saturated heterocycles. The Hall–Kier alpha value is -2.44. The predicted molar refractivity (Wildman–Crippen MR) is 120 cm³/mol. The van der Waals surface area contributed by atoms with Crippen LogP contribution >= 0.6 is 7.26 Å². The van der Waals surface area contributed by atoms with E-state index in [1.807, 2.05) is 39.0 Å². The van der Waals surface area contributed by atoms with E-state index in [4.69, 9.17) is 4.74 Å². The summed E-state index contributed by atoms with van der Waals surface area (Å²) < 4.78 is 5.72. The average Bonchev–Trinajstić information content (AvgIpc) is 2.72. The van der Waals surface area contributed by atoms with E-state index in [2.05, 4.69) is 72.8 Å². The smallest absolute Gasteiger partial charge is 0.311 e. The van der Waals surface area contributed by atoms with Crippen LogP contribution in [0.5, 0.6) is 0 Å². The van der Waals surface area contributed by atoms with E-state index in [0.717, 1.165) is 6.16 Å². The Morgan fingerprint density at radius 1 is 0.714 bits per heavy atom. The van der Waals surface area contributed by atoms with Crippen LogP contribution in [0.3, 0.4) is 0 Å². The van der Waals surface area contributed by atoms with Gasteiger partial charge in [-0.2, -0.15) is 0 Å². The fraction of sp³-hybridized carbons (Fsp3) is 0.240. The number of hydrogen-bond donors (Lipinski definition) is 0. The highest BCUT2D eigenvalue weighted by atomic mass is 31.2. The van der Waals surface area contributed by atoms with Crippen LogP contribution in [0.4, 0.5) is 0 Å². The minimum Gasteiger partial charge on any atom is -0.461 e. The van der Waals surface area contributed by atoms with Crippen LogP contribution in [0.1, 0.15) is 20.8 Å². The summed E-state index contributed by atoms with van der Waals surface area (Å²) in [5.74, 6) is -0.153. The van der Waals surface area contributed by atoms with E-state index in [0.29, 0.717) is 6.61 Å². The maximum atomic E-state index is 12.4. The van der Waals surface area contributed by atoms with Gasteiger partial charge >= 0.3 is 5.97 Å². The third-order valence-corrected chi connectivity index (χ3v) is 9.26. The van der Waals surface area contributed by atoms with Crippen LogP contribution < -0.4 is 15.9 Å². The van der Waals surface area contributed by atoms with Gasteiger partial charge in [0.15, 0.2) is 0 Å². The number of ether oxygens (including phenoxy) is 1. The zero-order valence-corrected chi connectivity index (χ0v) is 17.7. The molecule has 0 amide bonds. The molecular formula is C25H28O2P+. The molecule has 0 N–H and O–H groups in total. The average molecular weight is 391 g/mol. The van der Waals surface area contributed by atoms with Crippen molar-refractivity contribution in [3.05, 3.63) is 91.0 Å². The number of benzene rings is 3. The molecule has 0 spiro atoms. The van der Waals surface area contributed by atoms with Crippen molar-refractivity contribution >= 4 is 29.1 Å². The summed E-state index contributed by atoms with van der Waals surface area (Å²) in [5.41, 5.74) is -0.493. The minimum absolute atomic E-state index is 0.153. The first-order valence-electron chi connectivity index (χ1n) is 9.67. The van der Waals surface area contributed by atoms with Gasteiger partial charge in [0, 0.05) is 0 Å². The number of carbonyl (C=O) groups is 1. The second-order valence-electron chi connectivity index (χ2n) is 7.93. The number of esters is 1. The molecule has 0 bridgehead atoms. The topological polar surface area (TPSA) is 26.3 Å². The van der Waals surface area contributed by atoms with Crippen molar-refractivity contribution in [1.82, 2.24) is 0 Å². The van der Waals surface area contributed by atoms with Gasteiger partial charge < -0.3 is 4.74 Å². The lowest BCUT2D eigenvalue weighted by atomic mass is 9.97. The summed E-state index contributed by atoms with van der Waals surface area (Å²) in [4.78, 5) is 12.4. The minimum atomic E-state index is -1.94. The van der Waals surface area contributed by atoms with E-state index in [1.54, 1.807) is 0 Å². The molecule has 2 nitrogen and oxygen atoms in total. The highest BCUT2D eigenvalue weighted by Crippen LogP contribution is 2.55. The van der Waals surface area contributed by atoms with Crippen molar-refractivity contribution < 1.29 is 9.53 Å². The third-order valence-electron chi connectivity index (χ3n) is 4.86. The van der Waals surface area contributed by atoms with Crippen LogP contribution in [0, 0.1) is 5.41 Å². The van der Waals surface area contributed by atoms with E-state index < -0.39 is 12.7 Å². The predicted octanol–water partition coefficient (Wildman–Crippen LogP) is 4.57. The summed E-state index contributed by atoms with van der Waals surface area (Å²) in [6.07, 6.45) is 0.785. The van der Waals surface area contributed by atoms with Crippen molar-refractivity contribution in [2.24, 2.45) is 5.41 Å². The monoisotopic (exact) mass is 391 g/mol. The first-order chi connectivity index (χ1) is 13.4. The molecule has 3 aromatic rings. The molecular weight excluding hydrogens is 363 g/mol. The molecule has 3 aromatic carbocycles. The quantitative estimate of drug-likeness (QED) is 0.455. The second kappa shape index (κ2) is 8.71. The lowest BCUT2D eigenvalue weighted by Gasteiger charge is -2.28. The largest absolute Gasteiger partial charge is 0.461 e. The molecule has 0 fully saturated rings. The molecule has 0 saturated carbocycles.